The summed E-state index contributed by atoms with van der Waals surface area (Å²) in [6.45, 7) is 4.91. The number of hydrogen-bond acceptors (Lipinski definition) is 3. The van der Waals surface area contributed by atoms with E-state index in [1.807, 2.05) is 47.8 Å². The molecule has 1 aliphatic rings. The Morgan fingerprint density at radius 2 is 1.84 bits per heavy atom. The van der Waals surface area contributed by atoms with Crippen molar-refractivity contribution in [1.82, 2.24) is 14.5 Å². The van der Waals surface area contributed by atoms with Crippen LogP contribution >= 0.6 is 15.9 Å². The summed E-state index contributed by atoms with van der Waals surface area (Å²) in [7, 11) is 0. The molecule has 1 saturated heterocycles. The van der Waals surface area contributed by atoms with Gasteiger partial charge in [-0.2, -0.15) is 0 Å². The molecule has 1 fully saturated rings. The number of amides is 1. The van der Waals surface area contributed by atoms with Crippen molar-refractivity contribution in [3.63, 3.8) is 0 Å². The van der Waals surface area contributed by atoms with Crippen LogP contribution in [0.2, 0.25) is 0 Å². The van der Waals surface area contributed by atoms with Crippen LogP contribution in [0.3, 0.4) is 0 Å². The molecule has 0 bridgehead atoms. The Kier molecular flexibility index (Phi) is 7.20. The predicted octanol–water partition coefficient (Wildman–Crippen LogP) is 5.10. The molecule has 0 radical (unpaired) electrons. The molecule has 4 rings (SSSR count). The topological polar surface area (TPSA) is 41.4 Å². The van der Waals surface area contributed by atoms with E-state index in [1.54, 1.807) is 0 Å². The van der Waals surface area contributed by atoms with Crippen molar-refractivity contribution in [1.29, 1.82) is 0 Å². The Bertz CT molecular complexity index is 986. The number of benzene rings is 2. The largest absolute Gasteiger partial charge is 0.329 e. The second kappa shape index (κ2) is 10.2. The maximum absolute atomic E-state index is 13.0. The van der Waals surface area contributed by atoms with E-state index in [4.69, 9.17) is 0 Å². The van der Waals surface area contributed by atoms with Crippen molar-refractivity contribution in [2.45, 2.75) is 45.3 Å². The van der Waals surface area contributed by atoms with E-state index in [9.17, 15) is 4.79 Å². The summed E-state index contributed by atoms with van der Waals surface area (Å²) in [5, 5.41) is 0. The summed E-state index contributed by atoms with van der Waals surface area (Å²) in [6.07, 6.45) is 7.24. The number of piperazine rings is 1. The Morgan fingerprint density at radius 1 is 1.06 bits per heavy atom. The second-order valence-electron chi connectivity index (χ2n) is 8.18. The molecule has 1 amide bonds. The first-order valence-corrected chi connectivity index (χ1v) is 11.8. The van der Waals surface area contributed by atoms with Gasteiger partial charge in [0.1, 0.15) is 0 Å². The average Bonchev–Trinajstić information content (AvgIpc) is 3.22. The lowest BCUT2D eigenvalue weighted by atomic mass is 10.0. The Labute approximate surface area is 192 Å². The number of anilines is 1. The number of rotatable bonds is 8. The van der Waals surface area contributed by atoms with E-state index in [-0.39, 0.29) is 5.91 Å². The van der Waals surface area contributed by atoms with Crippen LogP contribution in [0.25, 0.3) is 0 Å². The SMILES string of the molecule is CCCC[C@H]1CN(c2ccccc2)C(=O)CN1Cc1cncn1Cc1ccc(Br)cc1. The molecule has 162 valence electrons. The number of imidazole rings is 1. The van der Waals surface area contributed by atoms with Gasteiger partial charge in [0, 0.05) is 42.0 Å². The van der Waals surface area contributed by atoms with E-state index in [0.29, 0.717) is 12.6 Å². The zero-order valence-corrected chi connectivity index (χ0v) is 19.5. The molecule has 2 heterocycles. The molecule has 0 saturated carbocycles. The van der Waals surface area contributed by atoms with Gasteiger partial charge < -0.3 is 9.47 Å². The summed E-state index contributed by atoms with van der Waals surface area (Å²) in [6, 6.07) is 18.8. The minimum atomic E-state index is 0.165. The van der Waals surface area contributed by atoms with Crippen LogP contribution in [0, 0.1) is 0 Å². The zero-order chi connectivity index (χ0) is 21.6. The Morgan fingerprint density at radius 3 is 2.58 bits per heavy atom. The number of para-hydroxylation sites is 1. The fraction of sp³-hybridized carbons (Fsp3) is 0.360. The van der Waals surface area contributed by atoms with Crippen LogP contribution in [0.5, 0.6) is 0 Å². The molecule has 1 aromatic heterocycles. The average molecular weight is 481 g/mol. The highest BCUT2D eigenvalue weighted by molar-refractivity contribution is 9.10. The summed E-state index contributed by atoms with van der Waals surface area (Å²) in [4.78, 5) is 21.7. The van der Waals surface area contributed by atoms with Crippen LogP contribution in [0.1, 0.15) is 37.4 Å². The predicted molar refractivity (Wildman–Crippen MR) is 128 cm³/mol. The van der Waals surface area contributed by atoms with Gasteiger partial charge in [-0.25, -0.2) is 4.98 Å². The van der Waals surface area contributed by atoms with Crippen molar-refractivity contribution < 1.29 is 4.79 Å². The second-order valence-corrected chi connectivity index (χ2v) is 9.10. The van der Waals surface area contributed by atoms with Gasteiger partial charge in [-0.3, -0.25) is 9.69 Å². The lowest BCUT2D eigenvalue weighted by Gasteiger charge is -2.41. The van der Waals surface area contributed by atoms with E-state index in [1.165, 1.54) is 5.56 Å². The monoisotopic (exact) mass is 480 g/mol. The fourth-order valence-corrected chi connectivity index (χ4v) is 4.45. The first kappa shape index (κ1) is 21.8. The van der Waals surface area contributed by atoms with E-state index < -0.39 is 0 Å². The number of halogens is 1. The van der Waals surface area contributed by atoms with Crippen molar-refractivity contribution in [3.05, 3.63) is 82.9 Å². The van der Waals surface area contributed by atoms with E-state index in [2.05, 4.69) is 61.6 Å². The molecule has 0 N–H and O–H groups in total. The number of unbranched alkanes of at least 4 members (excludes halogenated alkanes) is 1. The molecular formula is C25H29BrN4O. The van der Waals surface area contributed by atoms with E-state index in [0.717, 1.165) is 54.8 Å². The van der Waals surface area contributed by atoms with Gasteiger partial charge in [-0.05, 0) is 36.2 Å². The number of hydrogen-bond donors (Lipinski definition) is 0. The van der Waals surface area contributed by atoms with Crippen LogP contribution < -0.4 is 4.90 Å². The third kappa shape index (κ3) is 5.43. The van der Waals surface area contributed by atoms with Gasteiger partial charge in [0.2, 0.25) is 5.91 Å². The standard InChI is InChI=1S/C25H29BrN4O/c1-2-3-7-23-17-30(22-8-5-4-6-9-22)25(31)18-28(23)16-24-14-27-19-29(24)15-20-10-12-21(26)13-11-20/h4-6,8-14,19,23H,2-3,7,15-18H2,1H3/t23-/m0/s1. The molecule has 3 aromatic rings. The third-order valence-electron chi connectivity index (χ3n) is 5.94. The van der Waals surface area contributed by atoms with Gasteiger partial charge in [-0.15, -0.1) is 0 Å². The molecule has 1 aliphatic heterocycles. The summed E-state index contributed by atoms with van der Waals surface area (Å²) < 4.78 is 3.27. The molecule has 0 aliphatic carbocycles. The Balaban J connectivity index is 1.50. The molecule has 1 atom stereocenters. The number of carbonyl (C=O) groups is 1. The molecule has 0 spiro atoms. The van der Waals surface area contributed by atoms with Gasteiger partial charge in [0.05, 0.1) is 18.6 Å². The van der Waals surface area contributed by atoms with Crippen molar-refractivity contribution in [2.75, 3.05) is 18.0 Å². The van der Waals surface area contributed by atoms with Gasteiger partial charge in [0.25, 0.3) is 0 Å². The Hall–Kier alpha value is -2.44. The molecule has 31 heavy (non-hydrogen) atoms. The van der Waals surface area contributed by atoms with Crippen molar-refractivity contribution in [2.24, 2.45) is 0 Å². The van der Waals surface area contributed by atoms with Crippen LogP contribution in [-0.2, 0) is 17.9 Å². The minimum absolute atomic E-state index is 0.165. The van der Waals surface area contributed by atoms with Crippen LogP contribution in [0.4, 0.5) is 5.69 Å². The van der Waals surface area contributed by atoms with Crippen LogP contribution in [0.15, 0.2) is 71.6 Å². The summed E-state index contributed by atoms with van der Waals surface area (Å²) in [5.74, 6) is 0.165. The number of nitrogens with zero attached hydrogens (tertiary/aromatic N) is 4. The lowest BCUT2D eigenvalue weighted by Crippen LogP contribution is -2.56. The first-order valence-electron chi connectivity index (χ1n) is 11.0. The smallest absolute Gasteiger partial charge is 0.241 e. The molecule has 6 heteroatoms. The molecule has 5 nitrogen and oxygen atoms in total. The van der Waals surface area contributed by atoms with Crippen molar-refractivity contribution in [3.8, 4) is 0 Å². The number of aromatic nitrogens is 2. The number of carbonyl (C=O) groups excluding carboxylic acids is 1. The molecule has 2 aromatic carbocycles. The van der Waals surface area contributed by atoms with Gasteiger partial charge in [-0.1, -0.05) is 66.0 Å². The quantitative estimate of drug-likeness (QED) is 0.450. The maximum atomic E-state index is 13.0. The minimum Gasteiger partial charge on any atom is -0.329 e. The normalized spacial score (nSPS) is 17.3. The van der Waals surface area contributed by atoms with Gasteiger partial charge >= 0.3 is 0 Å². The first-order chi connectivity index (χ1) is 15.1. The van der Waals surface area contributed by atoms with Crippen molar-refractivity contribution >= 4 is 27.5 Å². The highest BCUT2D eigenvalue weighted by Crippen LogP contribution is 2.24. The summed E-state index contributed by atoms with van der Waals surface area (Å²) >= 11 is 3.50. The maximum Gasteiger partial charge on any atom is 0.241 e. The van der Waals surface area contributed by atoms with Gasteiger partial charge in [0.15, 0.2) is 0 Å². The highest BCUT2D eigenvalue weighted by atomic mass is 79.9. The molecular weight excluding hydrogens is 452 g/mol. The fourth-order valence-electron chi connectivity index (χ4n) is 4.19. The summed E-state index contributed by atoms with van der Waals surface area (Å²) in [5.41, 5.74) is 3.37. The van der Waals surface area contributed by atoms with E-state index >= 15 is 0 Å². The zero-order valence-electron chi connectivity index (χ0n) is 18.0. The third-order valence-corrected chi connectivity index (χ3v) is 6.47. The lowest BCUT2D eigenvalue weighted by molar-refractivity contribution is -0.122. The highest BCUT2D eigenvalue weighted by Gasteiger charge is 2.32. The molecule has 0 unspecified atom stereocenters. The van der Waals surface area contributed by atoms with Crippen LogP contribution in [-0.4, -0.2) is 39.5 Å².